The molecule has 2 heterocycles. The van der Waals surface area contributed by atoms with E-state index in [0.29, 0.717) is 11.6 Å². The fourth-order valence-electron chi connectivity index (χ4n) is 5.09. The highest BCUT2D eigenvalue weighted by Crippen LogP contribution is 2.43. The van der Waals surface area contributed by atoms with Gasteiger partial charge in [0.2, 0.25) is 0 Å². The van der Waals surface area contributed by atoms with Gasteiger partial charge in [-0.1, -0.05) is 40.5 Å². The predicted molar refractivity (Wildman–Crippen MR) is 90.2 cm³/mol. The lowest BCUT2D eigenvalue weighted by Crippen LogP contribution is -2.53. The number of nitrogens with one attached hydrogen (secondary N) is 1. The van der Waals surface area contributed by atoms with Crippen LogP contribution in [0.25, 0.3) is 0 Å². The van der Waals surface area contributed by atoms with Crippen LogP contribution in [0.4, 0.5) is 0 Å². The van der Waals surface area contributed by atoms with Crippen molar-refractivity contribution in [3.05, 3.63) is 0 Å². The Morgan fingerprint density at radius 1 is 1.05 bits per heavy atom. The smallest absolute Gasteiger partial charge is 0.0629 e. The van der Waals surface area contributed by atoms with Gasteiger partial charge in [0.15, 0.2) is 0 Å². The molecule has 0 aromatic rings. The van der Waals surface area contributed by atoms with E-state index in [2.05, 4.69) is 37.9 Å². The minimum atomic E-state index is 0.418. The zero-order valence-corrected chi connectivity index (χ0v) is 14.7. The van der Waals surface area contributed by atoms with Gasteiger partial charge in [-0.15, -0.1) is 0 Å². The van der Waals surface area contributed by atoms with Crippen LogP contribution in [0.1, 0.15) is 72.6 Å². The van der Waals surface area contributed by atoms with Crippen molar-refractivity contribution in [1.29, 1.82) is 0 Å². The highest BCUT2D eigenvalue weighted by atomic mass is 15.3. The third-order valence-electron chi connectivity index (χ3n) is 6.44. The molecule has 2 aliphatic heterocycles. The van der Waals surface area contributed by atoms with Crippen LogP contribution in [0.3, 0.4) is 0 Å². The highest BCUT2D eigenvalue weighted by Gasteiger charge is 2.46. The molecule has 1 aliphatic carbocycles. The van der Waals surface area contributed by atoms with Crippen LogP contribution in [0, 0.1) is 23.2 Å². The molecule has 0 spiro atoms. The van der Waals surface area contributed by atoms with Gasteiger partial charge in [0.05, 0.1) is 6.17 Å². The van der Waals surface area contributed by atoms with E-state index in [1.54, 1.807) is 0 Å². The molecule has 2 nitrogen and oxygen atoms in total. The summed E-state index contributed by atoms with van der Waals surface area (Å²) in [6.45, 7) is 12.4. The SMILES string of the molecule is CC(C)(C)C1CC2CCCNC2N1C[C@H]1CC[C@H](C)CC1. The summed E-state index contributed by atoms with van der Waals surface area (Å²) in [5.74, 6) is 2.83. The number of hydrogen-bond donors (Lipinski definition) is 1. The molecule has 3 atom stereocenters. The molecule has 3 fully saturated rings. The largest absolute Gasteiger partial charge is 0.301 e. The van der Waals surface area contributed by atoms with Crippen molar-refractivity contribution in [2.45, 2.75) is 84.8 Å². The number of rotatable bonds is 2. The number of likely N-dealkylation sites (tertiary alicyclic amines) is 1. The minimum absolute atomic E-state index is 0.418. The maximum Gasteiger partial charge on any atom is 0.0629 e. The first-order valence-electron chi connectivity index (χ1n) is 9.44. The van der Waals surface area contributed by atoms with E-state index in [4.69, 9.17) is 0 Å². The molecule has 0 amide bonds. The zero-order valence-electron chi connectivity index (χ0n) is 14.7. The molecule has 2 saturated heterocycles. The summed E-state index contributed by atoms with van der Waals surface area (Å²) in [4.78, 5) is 2.89. The molecule has 1 saturated carbocycles. The van der Waals surface area contributed by atoms with Crippen LogP contribution in [0.5, 0.6) is 0 Å². The van der Waals surface area contributed by atoms with Crippen molar-refractivity contribution in [2.24, 2.45) is 23.2 Å². The van der Waals surface area contributed by atoms with Crippen molar-refractivity contribution in [3.8, 4) is 0 Å². The average molecular weight is 293 g/mol. The van der Waals surface area contributed by atoms with Crippen LogP contribution >= 0.6 is 0 Å². The summed E-state index contributed by atoms with van der Waals surface area (Å²) in [5.41, 5.74) is 0.418. The third kappa shape index (κ3) is 3.47. The maximum atomic E-state index is 3.86. The Morgan fingerprint density at radius 3 is 2.43 bits per heavy atom. The van der Waals surface area contributed by atoms with Gasteiger partial charge in [0, 0.05) is 12.6 Å². The fourth-order valence-corrected chi connectivity index (χ4v) is 5.09. The van der Waals surface area contributed by atoms with E-state index in [9.17, 15) is 0 Å². The summed E-state index contributed by atoms with van der Waals surface area (Å²) in [7, 11) is 0. The van der Waals surface area contributed by atoms with E-state index < -0.39 is 0 Å². The summed E-state index contributed by atoms with van der Waals surface area (Å²) in [6, 6.07) is 0.775. The van der Waals surface area contributed by atoms with Crippen molar-refractivity contribution in [3.63, 3.8) is 0 Å². The Labute approximate surface area is 132 Å². The molecule has 3 rings (SSSR count). The van der Waals surface area contributed by atoms with E-state index in [1.807, 2.05) is 0 Å². The van der Waals surface area contributed by atoms with Crippen molar-refractivity contribution in [1.82, 2.24) is 10.2 Å². The molecule has 21 heavy (non-hydrogen) atoms. The summed E-state index contributed by atoms with van der Waals surface area (Å²) >= 11 is 0. The van der Waals surface area contributed by atoms with Gasteiger partial charge in [-0.3, -0.25) is 4.90 Å². The molecule has 2 heteroatoms. The summed E-state index contributed by atoms with van der Waals surface area (Å²) in [6.07, 6.45) is 10.8. The molecule has 1 N–H and O–H groups in total. The zero-order chi connectivity index (χ0) is 15.0. The number of hydrogen-bond acceptors (Lipinski definition) is 2. The van der Waals surface area contributed by atoms with Gasteiger partial charge in [0.1, 0.15) is 0 Å². The van der Waals surface area contributed by atoms with E-state index in [-0.39, 0.29) is 0 Å². The van der Waals surface area contributed by atoms with Gasteiger partial charge < -0.3 is 5.32 Å². The van der Waals surface area contributed by atoms with Gasteiger partial charge in [-0.25, -0.2) is 0 Å². The van der Waals surface area contributed by atoms with Gasteiger partial charge in [-0.05, 0) is 61.8 Å². The van der Waals surface area contributed by atoms with Crippen molar-refractivity contribution < 1.29 is 0 Å². The number of piperidine rings is 1. The van der Waals surface area contributed by atoms with E-state index in [1.165, 1.54) is 58.0 Å². The Kier molecular flexibility index (Phi) is 4.66. The van der Waals surface area contributed by atoms with Gasteiger partial charge in [0.25, 0.3) is 0 Å². The minimum Gasteiger partial charge on any atom is -0.301 e. The summed E-state index contributed by atoms with van der Waals surface area (Å²) < 4.78 is 0. The molecule has 3 aliphatic rings. The van der Waals surface area contributed by atoms with Crippen LogP contribution in [0.2, 0.25) is 0 Å². The lowest BCUT2D eigenvalue weighted by molar-refractivity contribution is 0.0563. The molecule has 0 aromatic carbocycles. The quantitative estimate of drug-likeness (QED) is 0.818. The first-order valence-corrected chi connectivity index (χ1v) is 9.44. The van der Waals surface area contributed by atoms with Crippen LogP contribution < -0.4 is 5.32 Å². The lowest BCUT2D eigenvalue weighted by Gasteiger charge is -2.42. The number of fused-ring (bicyclic) bond motifs is 1. The van der Waals surface area contributed by atoms with E-state index in [0.717, 1.165) is 23.8 Å². The number of nitrogens with zero attached hydrogens (tertiary/aromatic N) is 1. The first-order chi connectivity index (χ1) is 9.95. The first kappa shape index (κ1) is 15.8. The molecular formula is C19H36N2. The predicted octanol–water partition coefficient (Wildman–Crippen LogP) is 4.26. The topological polar surface area (TPSA) is 15.3 Å². The second-order valence-electron chi connectivity index (χ2n) is 9.24. The second-order valence-corrected chi connectivity index (χ2v) is 9.24. The molecule has 122 valence electrons. The normalized spacial score (nSPS) is 42.0. The Morgan fingerprint density at radius 2 is 1.76 bits per heavy atom. The summed E-state index contributed by atoms with van der Waals surface area (Å²) in [5, 5.41) is 3.86. The molecule has 3 unspecified atom stereocenters. The Bertz CT molecular complexity index is 338. The van der Waals surface area contributed by atoms with E-state index >= 15 is 0 Å². The average Bonchev–Trinajstić information content (AvgIpc) is 2.81. The fraction of sp³-hybridized carbons (Fsp3) is 1.00. The van der Waals surface area contributed by atoms with Crippen molar-refractivity contribution in [2.75, 3.05) is 13.1 Å². The van der Waals surface area contributed by atoms with Crippen LogP contribution in [-0.4, -0.2) is 30.2 Å². The molecule has 0 radical (unpaired) electrons. The Hall–Kier alpha value is -0.0800. The molecular weight excluding hydrogens is 256 g/mol. The maximum absolute atomic E-state index is 3.86. The third-order valence-corrected chi connectivity index (χ3v) is 6.44. The molecule has 0 aromatic heterocycles. The standard InChI is InChI=1S/C19H36N2/c1-14-7-9-15(10-8-14)13-21-17(19(2,3)4)12-16-6-5-11-20-18(16)21/h14-18,20H,5-13H2,1-4H3/t14-,15-,16?,17?,18?. The second kappa shape index (κ2) is 6.20. The highest BCUT2D eigenvalue weighted by molar-refractivity contribution is 4.99. The van der Waals surface area contributed by atoms with Gasteiger partial charge in [-0.2, -0.15) is 0 Å². The van der Waals surface area contributed by atoms with Crippen LogP contribution in [-0.2, 0) is 0 Å². The van der Waals surface area contributed by atoms with Crippen LogP contribution in [0.15, 0.2) is 0 Å². The Balaban J connectivity index is 1.69. The lowest BCUT2D eigenvalue weighted by atomic mass is 9.81. The molecule has 0 bridgehead atoms. The van der Waals surface area contributed by atoms with Gasteiger partial charge >= 0.3 is 0 Å². The van der Waals surface area contributed by atoms with Crippen molar-refractivity contribution >= 4 is 0 Å². The monoisotopic (exact) mass is 292 g/mol.